The predicted octanol–water partition coefficient (Wildman–Crippen LogP) is 7.77. The van der Waals surface area contributed by atoms with Gasteiger partial charge < -0.3 is 19.1 Å². The lowest BCUT2D eigenvalue weighted by atomic mass is 10.1. The molecular formula is C39H29N4O2P. The molecule has 0 N–H and O–H groups in total. The average Bonchev–Trinajstić information content (AvgIpc) is 3.73. The Morgan fingerprint density at radius 2 is 1.41 bits per heavy atom. The van der Waals surface area contributed by atoms with Crippen molar-refractivity contribution in [3.05, 3.63) is 146 Å². The molecule has 46 heavy (non-hydrogen) atoms. The van der Waals surface area contributed by atoms with Crippen LogP contribution in [-0.4, -0.2) is 28.2 Å². The van der Waals surface area contributed by atoms with Crippen LogP contribution in [-0.2, 0) is 4.57 Å². The van der Waals surface area contributed by atoms with Gasteiger partial charge in [-0.3, -0.25) is 4.57 Å². The number of benzene rings is 5. The number of nitrogens with zero attached hydrogens (tertiary/aromatic N) is 4. The molecule has 1 unspecified atom stereocenters. The fourth-order valence-corrected chi connectivity index (χ4v) is 10.1. The molecule has 7 aromatic rings. The fourth-order valence-electron chi connectivity index (χ4n) is 6.98. The lowest BCUT2D eigenvalue weighted by molar-refractivity contribution is 0.463. The Bertz CT molecular complexity index is 2340. The Labute approximate surface area is 266 Å². The number of aromatic nitrogens is 2. The standard InChI is InChI=1S/C39H29N4O2P/c1-41-26-42(25-39(41)43-34-16-5-2-13-30(34)31-14-3-6-17-35(31)43)27-11-10-12-29(23-27)46(44)36-18-7-4-15-32(36)33-21-20-28(24-37(33)46)45-38-19-8-9-22-40-38/h2-25H,26H2,1H3. The first-order valence-electron chi connectivity index (χ1n) is 15.3. The van der Waals surface area contributed by atoms with Gasteiger partial charge in [0.05, 0.1) is 17.7 Å². The topological polar surface area (TPSA) is 50.6 Å². The molecular weight excluding hydrogens is 587 g/mol. The van der Waals surface area contributed by atoms with Crippen molar-refractivity contribution in [2.45, 2.75) is 0 Å². The van der Waals surface area contributed by atoms with Gasteiger partial charge in [-0.2, -0.15) is 0 Å². The Balaban J connectivity index is 1.15. The quantitative estimate of drug-likeness (QED) is 0.185. The molecule has 0 amide bonds. The van der Waals surface area contributed by atoms with Gasteiger partial charge in [0, 0.05) is 57.9 Å². The van der Waals surface area contributed by atoms with Gasteiger partial charge in [0.25, 0.3) is 0 Å². The Morgan fingerprint density at radius 1 is 0.696 bits per heavy atom. The smallest absolute Gasteiger partial charge is 0.219 e. The lowest BCUT2D eigenvalue weighted by Gasteiger charge is -2.22. The summed E-state index contributed by atoms with van der Waals surface area (Å²) in [5.41, 5.74) is 5.31. The molecule has 2 aliphatic heterocycles. The number of ether oxygens (including phenoxy) is 1. The summed E-state index contributed by atoms with van der Waals surface area (Å²) in [4.78, 5) is 8.81. The van der Waals surface area contributed by atoms with Crippen LogP contribution in [0.25, 0.3) is 38.8 Å². The number of hydrogen-bond acceptors (Lipinski definition) is 5. The Kier molecular flexibility index (Phi) is 5.96. The van der Waals surface area contributed by atoms with E-state index in [1.807, 2.05) is 66.7 Å². The second kappa shape index (κ2) is 10.2. The highest BCUT2D eigenvalue weighted by molar-refractivity contribution is 7.86. The van der Waals surface area contributed by atoms with E-state index in [4.69, 9.17) is 4.74 Å². The molecule has 2 aromatic heterocycles. The van der Waals surface area contributed by atoms with E-state index >= 15 is 4.57 Å². The number of anilines is 1. The molecule has 0 fully saturated rings. The van der Waals surface area contributed by atoms with Crippen molar-refractivity contribution in [2.75, 3.05) is 18.6 Å². The minimum atomic E-state index is -3.21. The predicted molar refractivity (Wildman–Crippen MR) is 188 cm³/mol. The number of rotatable bonds is 5. The van der Waals surface area contributed by atoms with Crippen LogP contribution in [0.4, 0.5) is 5.69 Å². The molecule has 0 bridgehead atoms. The summed E-state index contributed by atoms with van der Waals surface area (Å²) < 4.78 is 24.0. The van der Waals surface area contributed by atoms with Crippen LogP contribution in [0.3, 0.4) is 0 Å². The second-order valence-corrected chi connectivity index (χ2v) is 14.5. The molecule has 9 rings (SSSR count). The maximum absolute atomic E-state index is 15.5. The summed E-state index contributed by atoms with van der Waals surface area (Å²) in [7, 11) is -1.09. The molecule has 0 saturated carbocycles. The minimum Gasteiger partial charge on any atom is -0.439 e. The van der Waals surface area contributed by atoms with E-state index in [-0.39, 0.29) is 0 Å². The summed E-state index contributed by atoms with van der Waals surface area (Å²) in [5.74, 6) is 2.20. The van der Waals surface area contributed by atoms with E-state index < -0.39 is 7.14 Å². The molecule has 6 nitrogen and oxygen atoms in total. The van der Waals surface area contributed by atoms with Crippen LogP contribution in [0.15, 0.2) is 146 Å². The van der Waals surface area contributed by atoms with Gasteiger partial charge >= 0.3 is 0 Å². The molecule has 0 spiro atoms. The van der Waals surface area contributed by atoms with Crippen LogP contribution in [0.5, 0.6) is 11.6 Å². The molecule has 0 saturated heterocycles. The second-order valence-electron chi connectivity index (χ2n) is 11.8. The maximum Gasteiger partial charge on any atom is 0.219 e. The van der Waals surface area contributed by atoms with Crippen molar-refractivity contribution >= 4 is 56.4 Å². The summed E-state index contributed by atoms with van der Waals surface area (Å²) in [6.07, 6.45) is 3.90. The first-order valence-corrected chi connectivity index (χ1v) is 17.0. The first-order chi connectivity index (χ1) is 22.6. The zero-order valence-corrected chi connectivity index (χ0v) is 26.0. The fraction of sp³-hybridized carbons (Fsp3) is 0.0513. The van der Waals surface area contributed by atoms with Crippen LogP contribution in [0, 0.1) is 0 Å². The largest absolute Gasteiger partial charge is 0.439 e. The van der Waals surface area contributed by atoms with Crippen molar-refractivity contribution in [1.29, 1.82) is 0 Å². The van der Waals surface area contributed by atoms with E-state index in [0.717, 1.165) is 38.5 Å². The van der Waals surface area contributed by atoms with Gasteiger partial charge in [-0.25, -0.2) is 4.98 Å². The van der Waals surface area contributed by atoms with Crippen molar-refractivity contribution in [3.8, 4) is 22.8 Å². The highest BCUT2D eigenvalue weighted by Gasteiger charge is 2.41. The highest BCUT2D eigenvalue weighted by atomic mass is 31.2. The van der Waals surface area contributed by atoms with E-state index in [9.17, 15) is 0 Å². The molecule has 0 radical (unpaired) electrons. The van der Waals surface area contributed by atoms with Crippen molar-refractivity contribution in [3.63, 3.8) is 0 Å². The lowest BCUT2D eigenvalue weighted by Crippen LogP contribution is -2.26. The van der Waals surface area contributed by atoms with Gasteiger partial charge in [-0.05, 0) is 59.7 Å². The van der Waals surface area contributed by atoms with Gasteiger partial charge in [-0.1, -0.05) is 78.9 Å². The number of para-hydroxylation sites is 2. The number of pyridine rings is 1. The summed E-state index contributed by atoms with van der Waals surface area (Å²) in [5, 5.41) is 4.91. The zero-order chi connectivity index (χ0) is 30.8. The van der Waals surface area contributed by atoms with Gasteiger partial charge in [-0.15, -0.1) is 0 Å². The summed E-state index contributed by atoms with van der Waals surface area (Å²) in [6, 6.07) is 44.8. The van der Waals surface area contributed by atoms with E-state index in [1.54, 1.807) is 6.20 Å². The van der Waals surface area contributed by atoms with E-state index in [0.29, 0.717) is 18.3 Å². The maximum atomic E-state index is 15.5. The van der Waals surface area contributed by atoms with Crippen molar-refractivity contribution in [1.82, 2.24) is 14.5 Å². The van der Waals surface area contributed by atoms with Crippen LogP contribution >= 0.6 is 7.14 Å². The third-order valence-electron chi connectivity index (χ3n) is 9.06. The molecule has 2 aliphatic rings. The molecule has 4 heterocycles. The zero-order valence-electron chi connectivity index (χ0n) is 25.1. The summed E-state index contributed by atoms with van der Waals surface area (Å²) in [6.45, 7) is 0.666. The molecule has 222 valence electrons. The number of hydrogen-bond donors (Lipinski definition) is 0. The van der Waals surface area contributed by atoms with Crippen molar-refractivity contribution < 1.29 is 9.30 Å². The summed E-state index contributed by atoms with van der Waals surface area (Å²) >= 11 is 0. The third kappa shape index (κ3) is 3.97. The van der Waals surface area contributed by atoms with Gasteiger partial charge in [0.2, 0.25) is 5.88 Å². The number of fused-ring (bicyclic) bond motifs is 6. The van der Waals surface area contributed by atoms with Gasteiger partial charge in [0.1, 0.15) is 11.6 Å². The van der Waals surface area contributed by atoms with Gasteiger partial charge in [0.15, 0.2) is 7.14 Å². The average molecular weight is 617 g/mol. The normalized spacial score (nSPS) is 16.9. The van der Waals surface area contributed by atoms with Crippen LogP contribution in [0.1, 0.15) is 0 Å². The minimum absolute atomic E-state index is 0.499. The Hall–Kier alpha value is -5.58. The SMILES string of the molecule is CN1CN(c2cccc(P3(=O)c4ccccc4-c4ccc(Oc5ccccn5)cc43)c2)C=C1n1c2ccccc2c2ccccc21. The molecule has 0 aliphatic carbocycles. The third-order valence-corrected chi connectivity index (χ3v) is 12.2. The van der Waals surface area contributed by atoms with E-state index in [1.165, 1.54) is 21.8 Å². The first kappa shape index (κ1) is 26.8. The molecule has 7 heteroatoms. The van der Waals surface area contributed by atoms with Crippen molar-refractivity contribution in [2.24, 2.45) is 0 Å². The van der Waals surface area contributed by atoms with Crippen LogP contribution < -0.4 is 25.6 Å². The Morgan fingerprint density at radius 3 is 2.20 bits per heavy atom. The molecule has 1 atom stereocenters. The van der Waals surface area contributed by atoms with E-state index in [2.05, 4.69) is 99.3 Å². The molecule has 5 aromatic carbocycles. The monoisotopic (exact) mass is 616 g/mol. The highest BCUT2D eigenvalue weighted by Crippen LogP contribution is 2.53. The van der Waals surface area contributed by atoms with Crippen LogP contribution in [0.2, 0.25) is 0 Å².